The Balaban J connectivity index is 1.48. The molecule has 8 heteroatoms. The first-order valence-corrected chi connectivity index (χ1v) is 9.43. The van der Waals surface area contributed by atoms with Gasteiger partial charge in [0.05, 0.1) is 16.8 Å². The zero-order chi connectivity index (χ0) is 19.4. The molecule has 1 atom stereocenters. The van der Waals surface area contributed by atoms with Gasteiger partial charge in [0.1, 0.15) is 12.0 Å². The summed E-state index contributed by atoms with van der Waals surface area (Å²) in [4.78, 5) is 26.5. The van der Waals surface area contributed by atoms with Crippen molar-refractivity contribution in [3.63, 3.8) is 0 Å². The minimum atomic E-state index is -0.700. The average molecular weight is 411 g/mol. The second-order valence-corrected chi connectivity index (χ2v) is 7.27. The van der Waals surface area contributed by atoms with E-state index in [0.717, 1.165) is 0 Å². The summed E-state index contributed by atoms with van der Waals surface area (Å²) in [6.45, 7) is 2.82. The minimum Gasteiger partial charge on any atom is -0.479 e. The number of amides is 2. The fraction of sp³-hybridized carbons (Fsp3) is 0.368. The lowest BCUT2D eigenvalue weighted by Gasteiger charge is -2.32. The summed E-state index contributed by atoms with van der Waals surface area (Å²) in [6, 6.07) is 6.50. The molecule has 0 radical (unpaired) electrons. The minimum absolute atomic E-state index is 0.00219. The van der Waals surface area contributed by atoms with Gasteiger partial charge in [-0.15, -0.1) is 0 Å². The lowest BCUT2D eigenvalue weighted by molar-refractivity contribution is -0.128. The molecule has 1 aliphatic rings. The van der Waals surface area contributed by atoms with Crippen molar-refractivity contribution >= 4 is 35.0 Å². The molecule has 1 unspecified atom stereocenters. The van der Waals surface area contributed by atoms with Crippen molar-refractivity contribution in [1.82, 2.24) is 10.2 Å². The molecule has 1 aromatic carbocycles. The largest absolute Gasteiger partial charge is 0.479 e. The topological polar surface area (TPSA) is 71.8 Å². The van der Waals surface area contributed by atoms with Gasteiger partial charge in [-0.2, -0.15) is 0 Å². The Labute approximate surface area is 167 Å². The number of piperidine rings is 1. The standard InChI is InChI=1S/C19H20Cl2N2O4/c1-12(27-17-3-2-14(20)10-16(17)21)18(24)22-15-4-7-23(8-5-15)19(25)13-6-9-26-11-13/h2-3,6,9-12,15H,4-5,7-8H2,1H3,(H,22,24). The number of likely N-dealkylation sites (tertiary alicyclic amines) is 1. The van der Waals surface area contributed by atoms with E-state index < -0.39 is 6.10 Å². The maximum Gasteiger partial charge on any atom is 0.260 e. The summed E-state index contributed by atoms with van der Waals surface area (Å²) >= 11 is 11.9. The van der Waals surface area contributed by atoms with Gasteiger partial charge in [0, 0.05) is 24.2 Å². The van der Waals surface area contributed by atoms with Crippen molar-refractivity contribution < 1.29 is 18.7 Å². The van der Waals surface area contributed by atoms with Gasteiger partial charge in [0.2, 0.25) is 0 Å². The van der Waals surface area contributed by atoms with Crippen LogP contribution in [0.2, 0.25) is 10.0 Å². The molecule has 2 heterocycles. The molecule has 1 saturated heterocycles. The third-order valence-corrected chi connectivity index (χ3v) is 4.99. The van der Waals surface area contributed by atoms with Crippen molar-refractivity contribution in [1.29, 1.82) is 0 Å². The van der Waals surface area contributed by atoms with Crippen molar-refractivity contribution in [2.45, 2.75) is 31.9 Å². The first kappa shape index (κ1) is 19.6. The van der Waals surface area contributed by atoms with E-state index in [4.69, 9.17) is 32.4 Å². The SMILES string of the molecule is CC(Oc1ccc(Cl)cc1Cl)C(=O)NC1CCN(C(=O)c2ccoc2)CC1. The van der Waals surface area contributed by atoms with Crippen LogP contribution in [0.1, 0.15) is 30.1 Å². The number of carbonyl (C=O) groups excluding carboxylic acids is 2. The summed E-state index contributed by atoms with van der Waals surface area (Å²) in [5.41, 5.74) is 0.541. The lowest BCUT2D eigenvalue weighted by Crippen LogP contribution is -2.49. The van der Waals surface area contributed by atoms with Crippen LogP contribution in [0.25, 0.3) is 0 Å². The smallest absolute Gasteiger partial charge is 0.260 e. The molecule has 6 nitrogen and oxygen atoms in total. The third kappa shape index (κ3) is 4.96. The molecule has 1 fully saturated rings. The molecule has 0 spiro atoms. The Bertz CT molecular complexity index is 802. The van der Waals surface area contributed by atoms with E-state index in [1.165, 1.54) is 12.5 Å². The molecule has 1 aromatic heterocycles. The molecule has 1 aliphatic heterocycles. The second-order valence-electron chi connectivity index (χ2n) is 6.42. The number of benzene rings is 1. The highest BCUT2D eigenvalue weighted by Crippen LogP contribution is 2.28. The number of carbonyl (C=O) groups is 2. The molecule has 2 aromatic rings. The monoisotopic (exact) mass is 410 g/mol. The van der Waals surface area contributed by atoms with Gasteiger partial charge in [0.15, 0.2) is 6.10 Å². The highest BCUT2D eigenvalue weighted by molar-refractivity contribution is 6.35. The number of nitrogens with one attached hydrogen (secondary N) is 1. The second kappa shape index (κ2) is 8.67. The zero-order valence-electron chi connectivity index (χ0n) is 14.8. The van der Waals surface area contributed by atoms with Gasteiger partial charge >= 0.3 is 0 Å². The first-order valence-electron chi connectivity index (χ1n) is 8.67. The Hall–Kier alpha value is -2.18. The zero-order valence-corrected chi connectivity index (χ0v) is 16.3. The molecule has 0 saturated carbocycles. The molecule has 1 N–H and O–H groups in total. The third-order valence-electron chi connectivity index (χ3n) is 4.46. The maximum atomic E-state index is 12.4. The Morgan fingerprint density at radius 1 is 1.26 bits per heavy atom. The number of hydrogen-bond donors (Lipinski definition) is 1. The van der Waals surface area contributed by atoms with Gasteiger partial charge in [-0.3, -0.25) is 9.59 Å². The van der Waals surface area contributed by atoms with E-state index in [1.54, 1.807) is 36.1 Å². The predicted molar refractivity (Wildman–Crippen MR) is 102 cm³/mol. The van der Waals surface area contributed by atoms with Gasteiger partial charge in [-0.05, 0) is 44.0 Å². The molecular formula is C19H20Cl2N2O4. The molecule has 0 aliphatic carbocycles. The van der Waals surface area contributed by atoms with Crippen LogP contribution in [0.15, 0.2) is 41.2 Å². The fourth-order valence-electron chi connectivity index (χ4n) is 2.93. The normalized spacial score (nSPS) is 16.0. The van der Waals surface area contributed by atoms with E-state index in [0.29, 0.717) is 47.3 Å². The van der Waals surface area contributed by atoms with Crippen LogP contribution in [0.4, 0.5) is 0 Å². The number of nitrogens with zero attached hydrogens (tertiary/aromatic N) is 1. The number of furan rings is 1. The van der Waals surface area contributed by atoms with Crippen LogP contribution < -0.4 is 10.1 Å². The maximum absolute atomic E-state index is 12.4. The Kier molecular flexibility index (Phi) is 6.29. The summed E-state index contributed by atoms with van der Waals surface area (Å²) < 4.78 is 10.6. The van der Waals surface area contributed by atoms with Gasteiger partial charge in [-0.25, -0.2) is 0 Å². The quantitative estimate of drug-likeness (QED) is 0.813. The van der Waals surface area contributed by atoms with Gasteiger partial charge in [-0.1, -0.05) is 23.2 Å². The molecule has 144 valence electrons. The van der Waals surface area contributed by atoms with Crippen molar-refractivity contribution in [2.24, 2.45) is 0 Å². The van der Waals surface area contributed by atoms with Crippen molar-refractivity contribution in [3.8, 4) is 5.75 Å². The Morgan fingerprint density at radius 2 is 2.00 bits per heavy atom. The molecule has 27 heavy (non-hydrogen) atoms. The van der Waals surface area contributed by atoms with Crippen LogP contribution in [0, 0.1) is 0 Å². The van der Waals surface area contributed by atoms with Crippen molar-refractivity contribution in [2.75, 3.05) is 13.1 Å². The highest BCUT2D eigenvalue weighted by atomic mass is 35.5. The molecule has 3 rings (SSSR count). The van der Waals surface area contributed by atoms with E-state index in [2.05, 4.69) is 5.32 Å². The number of hydrogen-bond acceptors (Lipinski definition) is 4. The van der Waals surface area contributed by atoms with E-state index in [9.17, 15) is 9.59 Å². The molecular weight excluding hydrogens is 391 g/mol. The fourth-order valence-corrected chi connectivity index (χ4v) is 3.38. The van der Waals surface area contributed by atoms with Gasteiger partial charge in [0.25, 0.3) is 11.8 Å². The number of rotatable bonds is 5. The van der Waals surface area contributed by atoms with E-state index >= 15 is 0 Å². The summed E-state index contributed by atoms with van der Waals surface area (Å²) in [5, 5.41) is 3.83. The molecule has 2 amide bonds. The lowest BCUT2D eigenvalue weighted by atomic mass is 10.0. The van der Waals surface area contributed by atoms with Crippen LogP contribution in [-0.4, -0.2) is 41.9 Å². The van der Waals surface area contributed by atoms with Crippen LogP contribution in [0.5, 0.6) is 5.75 Å². The van der Waals surface area contributed by atoms with E-state index in [1.807, 2.05) is 0 Å². The Morgan fingerprint density at radius 3 is 2.63 bits per heavy atom. The van der Waals surface area contributed by atoms with Crippen LogP contribution in [-0.2, 0) is 4.79 Å². The van der Waals surface area contributed by atoms with Gasteiger partial charge < -0.3 is 19.4 Å². The van der Waals surface area contributed by atoms with E-state index in [-0.39, 0.29) is 17.9 Å². The molecule has 0 bridgehead atoms. The van der Waals surface area contributed by atoms with Crippen LogP contribution in [0.3, 0.4) is 0 Å². The summed E-state index contributed by atoms with van der Waals surface area (Å²) in [7, 11) is 0. The van der Waals surface area contributed by atoms with Crippen LogP contribution >= 0.6 is 23.2 Å². The average Bonchev–Trinajstić information content (AvgIpc) is 3.18. The number of halogens is 2. The predicted octanol–water partition coefficient (Wildman–Crippen LogP) is 3.77. The summed E-state index contributed by atoms with van der Waals surface area (Å²) in [6.07, 6.45) is 3.59. The highest BCUT2D eigenvalue weighted by Gasteiger charge is 2.26. The number of ether oxygens (including phenoxy) is 1. The first-order chi connectivity index (χ1) is 12.9. The van der Waals surface area contributed by atoms with Crippen molar-refractivity contribution in [3.05, 3.63) is 52.4 Å². The summed E-state index contributed by atoms with van der Waals surface area (Å²) in [5.74, 6) is 0.132.